The van der Waals surface area contributed by atoms with E-state index in [0.29, 0.717) is 0 Å². The molecule has 1 rings (SSSR count). The number of aromatic carboxylic acids is 1. The normalized spacial score (nSPS) is 10.5. The second-order valence-corrected chi connectivity index (χ2v) is 3.41. The molecule has 6 heteroatoms. The first-order valence-corrected chi connectivity index (χ1v) is 4.77. The summed E-state index contributed by atoms with van der Waals surface area (Å²) in [5.41, 5.74) is -0.0191. The van der Waals surface area contributed by atoms with E-state index < -0.39 is 25.4 Å². The van der Waals surface area contributed by atoms with Gasteiger partial charge in [0.25, 0.3) is 0 Å². The summed E-state index contributed by atoms with van der Waals surface area (Å²) >= 11 is 5.70. The third kappa shape index (κ3) is 3.06. The highest BCUT2D eigenvalue weighted by Gasteiger charge is 2.13. The summed E-state index contributed by atoms with van der Waals surface area (Å²) in [6.45, 7) is -1.96. The van der Waals surface area contributed by atoms with E-state index >= 15 is 0 Å². The molecule has 0 atom stereocenters. The zero-order chi connectivity index (χ0) is 12.1. The number of carbonyl (C=O) groups is 1. The largest absolute Gasteiger partial charge is 0.483 e. The van der Waals surface area contributed by atoms with Crippen molar-refractivity contribution in [3.63, 3.8) is 0 Å². The van der Waals surface area contributed by atoms with Gasteiger partial charge in [0.15, 0.2) is 6.10 Å². The van der Waals surface area contributed by atoms with Gasteiger partial charge in [-0.05, 0) is 18.2 Å². The monoisotopic (exact) mass is 250 g/mol. The number of hydrogen-bond acceptors (Lipinski definition) is 2. The van der Waals surface area contributed by atoms with Crippen molar-refractivity contribution in [3.8, 4) is 5.75 Å². The van der Waals surface area contributed by atoms with Crippen molar-refractivity contribution in [2.45, 2.75) is 6.10 Å². The van der Waals surface area contributed by atoms with Gasteiger partial charge in [-0.15, -0.1) is 0 Å². The van der Waals surface area contributed by atoms with Crippen molar-refractivity contribution in [2.24, 2.45) is 0 Å². The minimum absolute atomic E-state index is 0.00630. The van der Waals surface area contributed by atoms with Gasteiger partial charge in [-0.1, -0.05) is 11.6 Å². The van der Waals surface area contributed by atoms with Crippen LogP contribution in [0.5, 0.6) is 5.75 Å². The molecule has 1 N–H and O–H groups in total. The molecule has 0 fully saturated rings. The molecule has 16 heavy (non-hydrogen) atoms. The fraction of sp³-hybridized carbons (Fsp3) is 0.300. The van der Waals surface area contributed by atoms with Gasteiger partial charge in [-0.3, -0.25) is 0 Å². The molecule has 0 radical (unpaired) electrons. The number of carboxylic acids is 1. The van der Waals surface area contributed by atoms with Crippen LogP contribution in [0, 0.1) is 0 Å². The molecule has 0 saturated heterocycles. The first-order valence-electron chi connectivity index (χ1n) is 4.40. The first kappa shape index (κ1) is 12.7. The molecule has 0 spiro atoms. The lowest BCUT2D eigenvalue weighted by Crippen LogP contribution is -2.21. The molecule has 0 saturated carbocycles. The van der Waals surface area contributed by atoms with Crippen LogP contribution in [0.3, 0.4) is 0 Å². The Labute approximate surface area is 95.6 Å². The second-order valence-electron chi connectivity index (χ2n) is 3.00. The third-order valence-electron chi connectivity index (χ3n) is 1.82. The topological polar surface area (TPSA) is 46.5 Å². The van der Waals surface area contributed by atoms with Gasteiger partial charge in [0.05, 0.1) is 10.6 Å². The lowest BCUT2D eigenvalue weighted by molar-refractivity contribution is 0.0696. The number of halogens is 3. The van der Waals surface area contributed by atoms with E-state index in [4.69, 9.17) is 21.4 Å². The Morgan fingerprint density at radius 2 is 2.06 bits per heavy atom. The van der Waals surface area contributed by atoms with Crippen LogP contribution in [0.1, 0.15) is 10.4 Å². The number of carboxylic acid groups (broad SMARTS) is 1. The van der Waals surface area contributed by atoms with Crippen molar-refractivity contribution in [1.82, 2.24) is 0 Å². The maximum atomic E-state index is 12.2. The lowest BCUT2D eigenvalue weighted by Gasteiger charge is -2.13. The predicted molar refractivity (Wildman–Crippen MR) is 54.8 cm³/mol. The zero-order valence-corrected chi connectivity index (χ0v) is 8.88. The summed E-state index contributed by atoms with van der Waals surface area (Å²) in [6.07, 6.45) is -1.21. The SMILES string of the molecule is O=C(O)c1ccc(OC(CF)CF)c(Cl)c1. The maximum Gasteiger partial charge on any atom is 0.335 e. The van der Waals surface area contributed by atoms with Gasteiger partial charge in [0, 0.05) is 0 Å². The Hall–Kier alpha value is -1.36. The highest BCUT2D eigenvalue weighted by Crippen LogP contribution is 2.26. The Kier molecular flexibility index (Phi) is 4.49. The lowest BCUT2D eigenvalue weighted by atomic mass is 10.2. The number of benzene rings is 1. The molecule has 88 valence electrons. The minimum atomic E-state index is -1.21. The molecule has 0 aliphatic carbocycles. The van der Waals surface area contributed by atoms with Gasteiger partial charge in [-0.2, -0.15) is 0 Å². The molecule has 0 aliphatic rings. The van der Waals surface area contributed by atoms with E-state index in [2.05, 4.69) is 0 Å². The first-order chi connectivity index (χ1) is 7.58. The van der Waals surface area contributed by atoms with E-state index in [0.717, 1.165) is 6.07 Å². The summed E-state index contributed by atoms with van der Waals surface area (Å²) in [5, 5.41) is 8.66. The van der Waals surface area contributed by atoms with Gasteiger partial charge in [0.2, 0.25) is 0 Å². The Morgan fingerprint density at radius 3 is 2.50 bits per heavy atom. The number of alkyl halides is 2. The smallest absolute Gasteiger partial charge is 0.335 e. The predicted octanol–water partition coefficient (Wildman–Crippen LogP) is 2.72. The van der Waals surface area contributed by atoms with Crippen LogP contribution in [0.25, 0.3) is 0 Å². The van der Waals surface area contributed by atoms with Crippen molar-refractivity contribution in [3.05, 3.63) is 28.8 Å². The number of rotatable bonds is 5. The summed E-state index contributed by atoms with van der Waals surface area (Å²) in [7, 11) is 0. The molecule has 3 nitrogen and oxygen atoms in total. The molecular weight excluding hydrogens is 242 g/mol. The third-order valence-corrected chi connectivity index (χ3v) is 2.11. The standard InChI is InChI=1S/C10H9ClF2O3/c11-8-3-6(10(14)15)1-2-9(8)16-7(4-12)5-13/h1-3,7H,4-5H2,(H,14,15). The van der Waals surface area contributed by atoms with Crippen LogP contribution in [-0.4, -0.2) is 30.5 Å². The van der Waals surface area contributed by atoms with Crippen LogP contribution in [0.2, 0.25) is 5.02 Å². The summed E-state index contributed by atoms with van der Waals surface area (Å²) in [6, 6.07) is 3.67. The fourth-order valence-corrected chi connectivity index (χ4v) is 1.24. The fourth-order valence-electron chi connectivity index (χ4n) is 1.01. The minimum Gasteiger partial charge on any atom is -0.483 e. The van der Waals surface area contributed by atoms with E-state index in [1.165, 1.54) is 12.1 Å². The number of hydrogen-bond donors (Lipinski definition) is 1. The summed E-state index contributed by atoms with van der Waals surface area (Å²) < 4.78 is 29.3. The highest BCUT2D eigenvalue weighted by molar-refractivity contribution is 6.32. The van der Waals surface area contributed by atoms with Crippen LogP contribution >= 0.6 is 11.6 Å². The van der Waals surface area contributed by atoms with Gasteiger partial charge in [-0.25, -0.2) is 13.6 Å². The highest BCUT2D eigenvalue weighted by atomic mass is 35.5. The molecule has 0 aromatic heterocycles. The van der Waals surface area contributed by atoms with Crippen molar-refractivity contribution in [1.29, 1.82) is 0 Å². The number of ether oxygens (including phenoxy) is 1. The average molecular weight is 251 g/mol. The quantitative estimate of drug-likeness (QED) is 0.874. The molecule has 1 aromatic carbocycles. The van der Waals surface area contributed by atoms with E-state index in [9.17, 15) is 13.6 Å². The van der Waals surface area contributed by atoms with Crippen LogP contribution < -0.4 is 4.74 Å². The van der Waals surface area contributed by atoms with E-state index in [1.54, 1.807) is 0 Å². The molecular formula is C10H9ClF2O3. The molecule has 0 bridgehead atoms. The van der Waals surface area contributed by atoms with Crippen LogP contribution in [0.4, 0.5) is 8.78 Å². The van der Waals surface area contributed by atoms with Crippen LogP contribution in [0.15, 0.2) is 18.2 Å². The second kappa shape index (κ2) is 5.65. The van der Waals surface area contributed by atoms with E-state index in [1.807, 2.05) is 0 Å². The summed E-state index contributed by atoms with van der Waals surface area (Å²) in [4.78, 5) is 10.6. The Bertz CT molecular complexity index is 380. The van der Waals surface area contributed by atoms with Crippen molar-refractivity contribution < 1.29 is 23.4 Å². The molecule has 0 unspecified atom stereocenters. The Balaban J connectivity index is 2.86. The molecule has 0 amide bonds. The van der Waals surface area contributed by atoms with Crippen molar-refractivity contribution in [2.75, 3.05) is 13.3 Å². The van der Waals surface area contributed by atoms with Crippen molar-refractivity contribution >= 4 is 17.6 Å². The van der Waals surface area contributed by atoms with Gasteiger partial charge >= 0.3 is 5.97 Å². The maximum absolute atomic E-state index is 12.2. The molecule has 1 aromatic rings. The van der Waals surface area contributed by atoms with Gasteiger partial charge < -0.3 is 9.84 Å². The average Bonchev–Trinajstić information content (AvgIpc) is 2.27. The van der Waals surface area contributed by atoms with Gasteiger partial charge in [0.1, 0.15) is 19.1 Å². The zero-order valence-electron chi connectivity index (χ0n) is 8.12. The van der Waals surface area contributed by atoms with E-state index in [-0.39, 0.29) is 16.3 Å². The molecule has 0 heterocycles. The summed E-state index contributed by atoms with van der Waals surface area (Å²) in [5.74, 6) is -1.08. The molecule has 0 aliphatic heterocycles. The Morgan fingerprint density at radius 1 is 1.44 bits per heavy atom. The van der Waals surface area contributed by atoms with Crippen LogP contribution in [-0.2, 0) is 0 Å².